The van der Waals surface area contributed by atoms with Crippen molar-refractivity contribution < 1.29 is 4.39 Å². The van der Waals surface area contributed by atoms with Crippen molar-refractivity contribution in [2.75, 3.05) is 11.6 Å². The molecular formula is C8H7FN4. The molecule has 0 atom stereocenters. The van der Waals surface area contributed by atoms with E-state index in [0.29, 0.717) is 5.82 Å². The van der Waals surface area contributed by atoms with E-state index >= 15 is 0 Å². The van der Waals surface area contributed by atoms with Crippen LogP contribution in [0.2, 0.25) is 0 Å². The zero-order chi connectivity index (χ0) is 9.10. The van der Waals surface area contributed by atoms with Crippen LogP contribution in [-0.4, -0.2) is 22.9 Å². The lowest BCUT2D eigenvalue weighted by molar-refractivity contribution is 0.585. The number of anilines is 1. The van der Waals surface area contributed by atoms with Gasteiger partial charge in [-0.15, -0.1) is 0 Å². The molecule has 0 saturated carbocycles. The van der Waals surface area contributed by atoms with Gasteiger partial charge in [-0.3, -0.25) is 9.89 Å². The van der Waals surface area contributed by atoms with Gasteiger partial charge in [0.1, 0.15) is 18.8 Å². The Labute approximate surface area is 74.5 Å². The Kier molecular flexibility index (Phi) is 1.99. The standard InChI is InChI=1S/C8H7FN4/c9-7-1-3-11-6-13(7)8-2-4-10-5-12-8/h1-5H,6H2. The average Bonchev–Trinajstić information content (AvgIpc) is 2.20. The number of allylic oxidation sites excluding steroid dienone is 1. The molecule has 0 bridgehead atoms. The molecule has 0 amide bonds. The third kappa shape index (κ3) is 1.53. The highest BCUT2D eigenvalue weighted by Crippen LogP contribution is 2.17. The Balaban J connectivity index is 2.28. The van der Waals surface area contributed by atoms with Gasteiger partial charge in [0.15, 0.2) is 5.95 Å². The molecule has 13 heavy (non-hydrogen) atoms. The van der Waals surface area contributed by atoms with Crippen LogP contribution in [0.1, 0.15) is 0 Å². The van der Waals surface area contributed by atoms with Gasteiger partial charge in [-0.2, -0.15) is 4.39 Å². The molecule has 0 aliphatic carbocycles. The van der Waals surface area contributed by atoms with E-state index in [2.05, 4.69) is 15.0 Å². The molecule has 0 fully saturated rings. The summed E-state index contributed by atoms with van der Waals surface area (Å²) in [4.78, 5) is 12.9. The van der Waals surface area contributed by atoms with Crippen LogP contribution >= 0.6 is 0 Å². The third-order valence-corrected chi connectivity index (χ3v) is 1.64. The molecule has 0 saturated heterocycles. The number of aromatic nitrogens is 2. The number of nitrogens with zero attached hydrogens (tertiary/aromatic N) is 4. The van der Waals surface area contributed by atoms with Crippen molar-refractivity contribution in [1.82, 2.24) is 9.97 Å². The second-order valence-corrected chi connectivity index (χ2v) is 2.46. The first-order chi connectivity index (χ1) is 6.38. The molecular weight excluding hydrogens is 171 g/mol. The highest BCUT2D eigenvalue weighted by Gasteiger charge is 2.13. The van der Waals surface area contributed by atoms with E-state index in [-0.39, 0.29) is 12.6 Å². The number of aliphatic imine (C=N–C) groups is 1. The number of hydrogen-bond donors (Lipinski definition) is 0. The zero-order valence-electron chi connectivity index (χ0n) is 6.76. The fourth-order valence-electron chi connectivity index (χ4n) is 1.03. The van der Waals surface area contributed by atoms with E-state index in [1.165, 1.54) is 23.5 Å². The van der Waals surface area contributed by atoms with E-state index in [1.54, 1.807) is 12.3 Å². The van der Waals surface area contributed by atoms with Crippen LogP contribution in [0.3, 0.4) is 0 Å². The zero-order valence-corrected chi connectivity index (χ0v) is 6.76. The maximum atomic E-state index is 13.2. The molecule has 2 heterocycles. The Morgan fingerprint density at radius 2 is 2.38 bits per heavy atom. The summed E-state index contributed by atoms with van der Waals surface area (Å²) < 4.78 is 13.2. The number of halogens is 1. The van der Waals surface area contributed by atoms with Crippen molar-refractivity contribution in [3.05, 3.63) is 30.6 Å². The molecule has 0 aromatic carbocycles. The van der Waals surface area contributed by atoms with Gasteiger partial charge in [0.25, 0.3) is 0 Å². The van der Waals surface area contributed by atoms with Crippen LogP contribution in [0, 0.1) is 0 Å². The first-order valence-electron chi connectivity index (χ1n) is 3.77. The highest BCUT2D eigenvalue weighted by atomic mass is 19.1. The Morgan fingerprint density at radius 1 is 1.46 bits per heavy atom. The van der Waals surface area contributed by atoms with Crippen LogP contribution in [0.15, 0.2) is 35.6 Å². The van der Waals surface area contributed by atoms with Gasteiger partial charge in [0, 0.05) is 18.5 Å². The summed E-state index contributed by atoms with van der Waals surface area (Å²) in [7, 11) is 0. The highest BCUT2D eigenvalue weighted by molar-refractivity contribution is 5.74. The molecule has 4 nitrogen and oxygen atoms in total. The fraction of sp³-hybridized carbons (Fsp3) is 0.125. The van der Waals surface area contributed by atoms with Gasteiger partial charge in [-0.1, -0.05) is 0 Å². The molecule has 0 spiro atoms. The minimum Gasteiger partial charge on any atom is -0.282 e. The van der Waals surface area contributed by atoms with Gasteiger partial charge < -0.3 is 0 Å². The lowest BCUT2D eigenvalue weighted by Gasteiger charge is -2.20. The predicted octanol–water partition coefficient (Wildman–Crippen LogP) is 1.14. The molecule has 1 aromatic heterocycles. The minimum atomic E-state index is -0.353. The Hall–Kier alpha value is -1.78. The van der Waals surface area contributed by atoms with Crippen molar-refractivity contribution >= 4 is 12.0 Å². The topological polar surface area (TPSA) is 41.4 Å². The van der Waals surface area contributed by atoms with Gasteiger partial charge in [0.2, 0.25) is 0 Å². The van der Waals surface area contributed by atoms with Crippen LogP contribution in [0.4, 0.5) is 10.2 Å². The van der Waals surface area contributed by atoms with E-state index in [4.69, 9.17) is 0 Å². The molecule has 66 valence electrons. The van der Waals surface area contributed by atoms with Crippen LogP contribution < -0.4 is 4.90 Å². The normalized spacial score (nSPS) is 15.8. The smallest absolute Gasteiger partial charge is 0.198 e. The van der Waals surface area contributed by atoms with Gasteiger partial charge in [-0.25, -0.2) is 9.97 Å². The molecule has 2 rings (SSSR count). The van der Waals surface area contributed by atoms with Crippen LogP contribution in [-0.2, 0) is 0 Å². The largest absolute Gasteiger partial charge is 0.282 e. The second-order valence-electron chi connectivity index (χ2n) is 2.46. The molecule has 0 radical (unpaired) electrons. The van der Waals surface area contributed by atoms with Crippen LogP contribution in [0.25, 0.3) is 0 Å². The average molecular weight is 178 g/mol. The first-order valence-corrected chi connectivity index (χ1v) is 3.77. The van der Waals surface area contributed by atoms with Gasteiger partial charge in [-0.05, 0) is 6.07 Å². The lowest BCUT2D eigenvalue weighted by Crippen LogP contribution is -2.23. The fourth-order valence-corrected chi connectivity index (χ4v) is 1.03. The van der Waals surface area contributed by atoms with E-state index in [0.717, 1.165) is 0 Å². The Morgan fingerprint density at radius 3 is 3.08 bits per heavy atom. The molecule has 1 aliphatic rings. The monoisotopic (exact) mass is 178 g/mol. The molecule has 0 N–H and O–H groups in total. The third-order valence-electron chi connectivity index (χ3n) is 1.64. The van der Waals surface area contributed by atoms with E-state index in [1.807, 2.05) is 0 Å². The van der Waals surface area contributed by atoms with Gasteiger partial charge in [0.05, 0.1) is 0 Å². The van der Waals surface area contributed by atoms with Crippen molar-refractivity contribution in [2.45, 2.75) is 0 Å². The summed E-state index contributed by atoms with van der Waals surface area (Å²) in [6, 6.07) is 1.63. The molecule has 0 unspecified atom stereocenters. The summed E-state index contributed by atoms with van der Waals surface area (Å²) in [5, 5.41) is 0. The summed E-state index contributed by atoms with van der Waals surface area (Å²) in [5.74, 6) is 0.161. The maximum absolute atomic E-state index is 13.2. The van der Waals surface area contributed by atoms with Gasteiger partial charge >= 0.3 is 0 Å². The maximum Gasteiger partial charge on any atom is 0.198 e. The lowest BCUT2D eigenvalue weighted by atomic mass is 10.4. The summed E-state index contributed by atoms with van der Waals surface area (Å²) >= 11 is 0. The predicted molar refractivity (Wildman–Crippen MR) is 47.1 cm³/mol. The quantitative estimate of drug-likeness (QED) is 0.605. The number of hydrogen-bond acceptors (Lipinski definition) is 4. The molecule has 1 aliphatic heterocycles. The molecule has 1 aromatic rings. The SMILES string of the molecule is FC1=CC=NCN1c1ccncn1. The summed E-state index contributed by atoms with van der Waals surface area (Å²) in [6.45, 7) is 0.263. The summed E-state index contributed by atoms with van der Waals surface area (Å²) in [5.41, 5.74) is 0. The second kappa shape index (κ2) is 3.30. The van der Waals surface area contributed by atoms with Crippen molar-refractivity contribution in [2.24, 2.45) is 4.99 Å². The van der Waals surface area contributed by atoms with E-state index in [9.17, 15) is 4.39 Å². The molecule has 5 heteroatoms. The number of rotatable bonds is 1. The summed E-state index contributed by atoms with van der Waals surface area (Å²) in [6.07, 6.45) is 5.67. The van der Waals surface area contributed by atoms with Crippen molar-refractivity contribution in [3.8, 4) is 0 Å². The van der Waals surface area contributed by atoms with E-state index < -0.39 is 0 Å². The van der Waals surface area contributed by atoms with Crippen molar-refractivity contribution in [1.29, 1.82) is 0 Å². The van der Waals surface area contributed by atoms with Crippen molar-refractivity contribution in [3.63, 3.8) is 0 Å². The van der Waals surface area contributed by atoms with Crippen LogP contribution in [0.5, 0.6) is 0 Å². The first kappa shape index (κ1) is 7.85. The minimum absolute atomic E-state index is 0.263. The Bertz CT molecular complexity index is 346.